The van der Waals surface area contributed by atoms with Gasteiger partial charge in [-0.2, -0.15) is 0 Å². The molecule has 0 aromatic rings. The minimum atomic E-state index is -0.0618. The number of esters is 1. The third-order valence-corrected chi connectivity index (χ3v) is 3.75. The first-order valence-electron chi connectivity index (χ1n) is 7.05. The van der Waals surface area contributed by atoms with Gasteiger partial charge in [-0.15, -0.1) is 0 Å². The average Bonchev–Trinajstić information content (AvgIpc) is 2.31. The number of carbonyl (C=O) groups is 1. The molecule has 3 heteroatoms. The van der Waals surface area contributed by atoms with Crippen LogP contribution < -0.4 is 0 Å². The van der Waals surface area contributed by atoms with Gasteiger partial charge in [-0.3, -0.25) is 9.69 Å². The van der Waals surface area contributed by atoms with Crippen LogP contribution in [0.3, 0.4) is 0 Å². The average molecular weight is 241 g/mol. The zero-order valence-electron chi connectivity index (χ0n) is 11.6. The maximum absolute atomic E-state index is 11.8. The van der Waals surface area contributed by atoms with Gasteiger partial charge in [-0.1, -0.05) is 26.2 Å². The van der Waals surface area contributed by atoms with Crippen LogP contribution in [0.2, 0.25) is 0 Å². The highest BCUT2D eigenvalue weighted by molar-refractivity contribution is 5.75. The summed E-state index contributed by atoms with van der Waals surface area (Å²) in [5.41, 5.74) is 0. The van der Waals surface area contributed by atoms with E-state index in [-0.39, 0.29) is 12.0 Å². The molecule has 0 N–H and O–H groups in total. The highest BCUT2D eigenvalue weighted by Crippen LogP contribution is 2.24. The second-order valence-corrected chi connectivity index (χ2v) is 5.12. The summed E-state index contributed by atoms with van der Waals surface area (Å²) in [6.07, 6.45) is 7.58. The summed E-state index contributed by atoms with van der Waals surface area (Å²) >= 11 is 0. The summed E-state index contributed by atoms with van der Waals surface area (Å²) in [6.45, 7) is 5.44. The van der Waals surface area contributed by atoms with Crippen molar-refractivity contribution in [2.75, 3.05) is 20.2 Å². The highest BCUT2D eigenvalue weighted by Gasteiger charge is 2.25. The Hall–Kier alpha value is -0.570. The Bertz CT molecular complexity index is 224. The van der Waals surface area contributed by atoms with Gasteiger partial charge in [-0.25, -0.2) is 0 Å². The van der Waals surface area contributed by atoms with E-state index >= 15 is 0 Å². The Labute approximate surface area is 106 Å². The van der Waals surface area contributed by atoms with Crippen molar-refractivity contribution in [3.05, 3.63) is 0 Å². The van der Waals surface area contributed by atoms with Crippen LogP contribution in [0.5, 0.6) is 0 Å². The molecule has 0 aromatic heterocycles. The van der Waals surface area contributed by atoms with Crippen molar-refractivity contribution in [2.45, 2.75) is 58.4 Å². The number of ether oxygens (including phenoxy) is 1. The van der Waals surface area contributed by atoms with Crippen LogP contribution in [-0.2, 0) is 9.53 Å². The molecule has 1 saturated carbocycles. The Balaban J connectivity index is 2.41. The Morgan fingerprint density at radius 3 is 2.47 bits per heavy atom. The van der Waals surface area contributed by atoms with E-state index in [9.17, 15) is 4.79 Å². The van der Waals surface area contributed by atoms with Crippen LogP contribution in [0.25, 0.3) is 0 Å². The molecule has 3 nitrogen and oxygen atoms in total. The second-order valence-electron chi connectivity index (χ2n) is 5.12. The SMILES string of the molecule is CCOC(=O)C(CC)N(C)CC1CCCCC1. The first-order chi connectivity index (χ1) is 8.19. The van der Waals surface area contributed by atoms with E-state index in [0.29, 0.717) is 6.61 Å². The summed E-state index contributed by atoms with van der Waals surface area (Å²) in [5.74, 6) is 0.713. The summed E-state index contributed by atoms with van der Waals surface area (Å²) in [7, 11) is 2.06. The van der Waals surface area contributed by atoms with Gasteiger partial charge >= 0.3 is 5.97 Å². The number of likely N-dealkylation sites (N-methyl/N-ethyl adjacent to an activating group) is 1. The van der Waals surface area contributed by atoms with E-state index in [4.69, 9.17) is 4.74 Å². The maximum atomic E-state index is 11.8. The number of carbonyl (C=O) groups excluding carboxylic acids is 1. The van der Waals surface area contributed by atoms with Crippen LogP contribution in [0.1, 0.15) is 52.4 Å². The lowest BCUT2D eigenvalue weighted by Crippen LogP contribution is -2.42. The van der Waals surface area contributed by atoms with Crippen LogP contribution in [0.4, 0.5) is 0 Å². The van der Waals surface area contributed by atoms with E-state index in [1.807, 2.05) is 6.92 Å². The van der Waals surface area contributed by atoms with E-state index in [2.05, 4.69) is 18.9 Å². The largest absolute Gasteiger partial charge is 0.465 e. The molecular formula is C14H27NO2. The van der Waals surface area contributed by atoms with Crippen molar-refractivity contribution in [1.82, 2.24) is 4.90 Å². The molecule has 1 aliphatic rings. The number of hydrogen-bond acceptors (Lipinski definition) is 3. The predicted molar refractivity (Wildman–Crippen MR) is 69.9 cm³/mol. The minimum Gasteiger partial charge on any atom is -0.465 e. The standard InChI is InChI=1S/C14H27NO2/c1-4-13(14(16)17-5-2)15(3)11-12-9-7-6-8-10-12/h12-13H,4-11H2,1-3H3. The lowest BCUT2D eigenvalue weighted by Gasteiger charge is -2.31. The molecule has 1 aliphatic carbocycles. The monoisotopic (exact) mass is 241 g/mol. The molecule has 0 radical (unpaired) electrons. The molecule has 0 saturated heterocycles. The molecule has 1 atom stereocenters. The third-order valence-electron chi connectivity index (χ3n) is 3.75. The van der Waals surface area contributed by atoms with Crippen LogP contribution in [0.15, 0.2) is 0 Å². The predicted octanol–water partition coefficient (Wildman–Crippen LogP) is 2.84. The zero-order chi connectivity index (χ0) is 12.7. The van der Waals surface area contributed by atoms with E-state index in [0.717, 1.165) is 18.9 Å². The fraction of sp³-hybridized carbons (Fsp3) is 0.929. The van der Waals surface area contributed by atoms with Crippen molar-refractivity contribution in [1.29, 1.82) is 0 Å². The Kier molecular flexibility index (Phi) is 6.56. The van der Waals surface area contributed by atoms with Gasteiger partial charge in [-0.05, 0) is 39.2 Å². The Morgan fingerprint density at radius 2 is 1.94 bits per heavy atom. The molecule has 1 fully saturated rings. The molecule has 0 spiro atoms. The van der Waals surface area contributed by atoms with Crippen molar-refractivity contribution in [2.24, 2.45) is 5.92 Å². The first kappa shape index (κ1) is 14.5. The summed E-state index contributed by atoms with van der Waals surface area (Å²) in [4.78, 5) is 14.0. The van der Waals surface area contributed by atoms with Crippen molar-refractivity contribution in [3.63, 3.8) is 0 Å². The second kappa shape index (κ2) is 7.70. The summed E-state index contributed by atoms with van der Waals surface area (Å²) in [5, 5.41) is 0. The molecule has 0 aliphatic heterocycles. The van der Waals surface area contributed by atoms with Gasteiger partial charge in [0.15, 0.2) is 0 Å². The van der Waals surface area contributed by atoms with Crippen LogP contribution in [0, 0.1) is 5.92 Å². The molecule has 0 bridgehead atoms. The molecule has 0 heterocycles. The van der Waals surface area contributed by atoms with E-state index in [1.54, 1.807) is 0 Å². The topological polar surface area (TPSA) is 29.5 Å². The third kappa shape index (κ3) is 4.66. The van der Waals surface area contributed by atoms with Gasteiger partial charge < -0.3 is 4.74 Å². The molecular weight excluding hydrogens is 214 g/mol. The number of rotatable bonds is 6. The number of nitrogens with zero attached hydrogens (tertiary/aromatic N) is 1. The fourth-order valence-corrected chi connectivity index (χ4v) is 2.80. The summed E-state index contributed by atoms with van der Waals surface area (Å²) < 4.78 is 5.12. The molecule has 1 rings (SSSR count). The molecule has 0 aromatic carbocycles. The quantitative estimate of drug-likeness (QED) is 0.670. The molecule has 100 valence electrons. The maximum Gasteiger partial charge on any atom is 0.323 e. The first-order valence-corrected chi connectivity index (χ1v) is 7.05. The van der Waals surface area contributed by atoms with Gasteiger partial charge in [0.1, 0.15) is 6.04 Å². The van der Waals surface area contributed by atoms with E-state index < -0.39 is 0 Å². The van der Waals surface area contributed by atoms with Crippen LogP contribution >= 0.6 is 0 Å². The lowest BCUT2D eigenvalue weighted by molar-refractivity contribution is -0.149. The molecule has 0 amide bonds. The van der Waals surface area contributed by atoms with Crippen molar-refractivity contribution in [3.8, 4) is 0 Å². The molecule has 17 heavy (non-hydrogen) atoms. The van der Waals surface area contributed by atoms with Gasteiger partial charge in [0.2, 0.25) is 0 Å². The van der Waals surface area contributed by atoms with Crippen molar-refractivity contribution < 1.29 is 9.53 Å². The van der Waals surface area contributed by atoms with Crippen molar-refractivity contribution >= 4 is 5.97 Å². The molecule has 1 unspecified atom stereocenters. The summed E-state index contributed by atoms with van der Waals surface area (Å²) in [6, 6.07) is -0.0584. The minimum absolute atomic E-state index is 0.0584. The fourth-order valence-electron chi connectivity index (χ4n) is 2.80. The number of hydrogen-bond donors (Lipinski definition) is 0. The zero-order valence-corrected chi connectivity index (χ0v) is 11.6. The lowest BCUT2D eigenvalue weighted by atomic mass is 9.88. The van der Waals surface area contributed by atoms with E-state index in [1.165, 1.54) is 32.1 Å². The normalized spacial score (nSPS) is 19.3. The van der Waals surface area contributed by atoms with Gasteiger partial charge in [0, 0.05) is 6.54 Å². The van der Waals surface area contributed by atoms with Crippen LogP contribution in [-0.4, -0.2) is 37.1 Å². The van der Waals surface area contributed by atoms with Gasteiger partial charge in [0.05, 0.1) is 6.61 Å². The van der Waals surface area contributed by atoms with Gasteiger partial charge in [0.25, 0.3) is 0 Å². The highest BCUT2D eigenvalue weighted by atomic mass is 16.5. The smallest absolute Gasteiger partial charge is 0.323 e. The Morgan fingerprint density at radius 1 is 1.29 bits per heavy atom.